The molecule has 0 spiro atoms. The number of urea groups is 1. The Balaban J connectivity index is 1.87. The number of amides is 5. The number of hydrazine groups is 1. The Morgan fingerprint density at radius 2 is 1.88 bits per heavy atom. The van der Waals surface area contributed by atoms with Crippen molar-refractivity contribution in [3.05, 3.63) is 53.6 Å². The molecule has 2 aromatic carbocycles. The standard InChI is InChI=1S/C21H21ClN4O6/c1-3-32-20(29)24-26-17(19(28)23-14-7-9-16(31-2)10-8-14)12-18(27)25(21(26)30)15-6-4-5-13(22)11-15/h4-11,17H,3,12H2,1-2H3,(H,23,28)(H,24,29)/t17-/m1/s1. The van der Waals surface area contributed by atoms with Gasteiger partial charge in [0.1, 0.15) is 11.8 Å². The predicted octanol–water partition coefficient (Wildman–Crippen LogP) is 3.18. The van der Waals surface area contributed by atoms with Crippen molar-refractivity contribution in [2.45, 2.75) is 19.4 Å². The number of halogens is 1. The van der Waals surface area contributed by atoms with Crippen LogP contribution in [0.25, 0.3) is 0 Å². The van der Waals surface area contributed by atoms with Crippen LogP contribution in [0.4, 0.5) is 21.0 Å². The monoisotopic (exact) mass is 460 g/mol. The third-order valence-electron chi connectivity index (χ3n) is 4.54. The molecule has 1 aliphatic rings. The van der Waals surface area contributed by atoms with E-state index >= 15 is 0 Å². The highest BCUT2D eigenvalue weighted by Gasteiger charge is 2.44. The summed E-state index contributed by atoms with van der Waals surface area (Å²) in [7, 11) is 1.51. The Bertz CT molecular complexity index is 1030. The predicted molar refractivity (Wildman–Crippen MR) is 116 cm³/mol. The van der Waals surface area contributed by atoms with E-state index in [0.717, 1.165) is 9.91 Å². The van der Waals surface area contributed by atoms with Crippen molar-refractivity contribution in [2.75, 3.05) is 23.9 Å². The molecule has 1 saturated heterocycles. The molecule has 1 atom stereocenters. The number of hydrogen-bond acceptors (Lipinski definition) is 6. The number of nitrogens with zero attached hydrogens (tertiary/aromatic N) is 2. The molecule has 1 aliphatic heterocycles. The molecular formula is C21H21ClN4O6. The molecular weight excluding hydrogens is 440 g/mol. The van der Waals surface area contributed by atoms with Crippen LogP contribution < -0.4 is 20.4 Å². The summed E-state index contributed by atoms with van der Waals surface area (Å²) in [6.07, 6.45) is -1.32. The Morgan fingerprint density at radius 3 is 2.50 bits per heavy atom. The van der Waals surface area contributed by atoms with Gasteiger partial charge in [-0.1, -0.05) is 17.7 Å². The number of anilines is 2. The zero-order valence-electron chi connectivity index (χ0n) is 17.3. The minimum absolute atomic E-state index is 0.0491. The largest absolute Gasteiger partial charge is 0.497 e. The van der Waals surface area contributed by atoms with Crippen LogP contribution in [0.3, 0.4) is 0 Å². The normalized spacial score (nSPS) is 15.9. The van der Waals surface area contributed by atoms with Gasteiger partial charge in [-0.25, -0.2) is 24.9 Å². The van der Waals surface area contributed by atoms with Crippen LogP contribution in [-0.2, 0) is 14.3 Å². The lowest BCUT2D eigenvalue weighted by atomic mass is 10.1. The molecule has 2 N–H and O–H groups in total. The molecule has 0 saturated carbocycles. The average molecular weight is 461 g/mol. The molecule has 32 heavy (non-hydrogen) atoms. The Kier molecular flexibility index (Phi) is 7.16. The second-order valence-electron chi connectivity index (χ2n) is 6.63. The molecule has 10 nitrogen and oxygen atoms in total. The maximum Gasteiger partial charge on any atom is 0.426 e. The number of methoxy groups -OCH3 is 1. The average Bonchev–Trinajstić information content (AvgIpc) is 2.76. The van der Waals surface area contributed by atoms with Crippen LogP contribution in [0.15, 0.2) is 48.5 Å². The molecule has 0 aliphatic carbocycles. The smallest absolute Gasteiger partial charge is 0.426 e. The zero-order chi connectivity index (χ0) is 23.3. The van der Waals surface area contributed by atoms with Crippen LogP contribution in [0.2, 0.25) is 5.02 Å². The van der Waals surface area contributed by atoms with Crippen molar-refractivity contribution in [3.8, 4) is 5.75 Å². The summed E-state index contributed by atoms with van der Waals surface area (Å²) in [5.41, 5.74) is 2.88. The van der Waals surface area contributed by atoms with Crippen molar-refractivity contribution in [2.24, 2.45) is 0 Å². The molecule has 1 fully saturated rings. The van der Waals surface area contributed by atoms with Gasteiger partial charge in [-0.15, -0.1) is 0 Å². The second kappa shape index (κ2) is 10.0. The van der Waals surface area contributed by atoms with Crippen molar-refractivity contribution in [3.63, 3.8) is 0 Å². The minimum Gasteiger partial charge on any atom is -0.497 e. The van der Waals surface area contributed by atoms with Crippen LogP contribution >= 0.6 is 11.6 Å². The van der Waals surface area contributed by atoms with Crippen molar-refractivity contribution >= 4 is 46.9 Å². The van der Waals surface area contributed by atoms with Gasteiger partial charge in [0.2, 0.25) is 11.8 Å². The van der Waals surface area contributed by atoms with E-state index in [-0.39, 0.29) is 18.7 Å². The van der Waals surface area contributed by atoms with Crippen LogP contribution in [0.5, 0.6) is 5.75 Å². The van der Waals surface area contributed by atoms with Gasteiger partial charge in [0.05, 0.1) is 25.8 Å². The molecule has 0 radical (unpaired) electrons. The van der Waals surface area contributed by atoms with E-state index in [9.17, 15) is 19.2 Å². The number of imide groups is 1. The van der Waals surface area contributed by atoms with Gasteiger partial charge in [0, 0.05) is 10.7 Å². The van der Waals surface area contributed by atoms with E-state index in [1.54, 1.807) is 43.3 Å². The van der Waals surface area contributed by atoms with Gasteiger partial charge < -0.3 is 14.8 Å². The number of nitrogens with one attached hydrogen (secondary N) is 2. The maximum absolute atomic E-state index is 13.2. The fourth-order valence-electron chi connectivity index (χ4n) is 3.06. The van der Waals surface area contributed by atoms with E-state index < -0.39 is 30.0 Å². The van der Waals surface area contributed by atoms with Gasteiger partial charge in [-0.3, -0.25) is 9.59 Å². The summed E-state index contributed by atoms with van der Waals surface area (Å²) in [6, 6.07) is 10.4. The highest BCUT2D eigenvalue weighted by Crippen LogP contribution is 2.26. The molecule has 168 valence electrons. The first-order valence-electron chi connectivity index (χ1n) is 9.64. The quantitative estimate of drug-likeness (QED) is 0.683. The summed E-state index contributed by atoms with van der Waals surface area (Å²) < 4.78 is 9.92. The summed E-state index contributed by atoms with van der Waals surface area (Å²) in [5.74, 6) is -0.706. The SMILES string of the molecule is CCOC(=O)NN1C(=O)N(c2cccc(Cl)c2)C(=O)C[C@@H]1C(=O)Nc1ccc(OC)cc1. The van der Waals surface area contributed by atoms with Crippen LogP contribution in [0.1, 0.15) is 13.3 Å². The highest BCUT2D eigenvalue weighted by molar-refractivity contribution is 6.31. The lowest BCUT2D eigenvalue weighted by molar-refractivity contribution is -0.128. The highest BCUT2D eigenvalue weighted by atomic mass is 35.5. The number of benzene rings is 2. The van der Waals surface area contributed by atoms with Crippen molar-refractivity contribution < 1.29 is 28.7 Å². The molecule has 0 unspecified atom stereocenters. The zero-order valence-corrected chi connectivity index (χ0v) is 18.1. The lowest BCUT2D eigenvalue weighted by Gasteiger charge is -2.38. The van der Waals surface area contributed by atoms with Gasteiger partial charge in [-0.2, -0.15) is 0 Å². The summed E-state index contributed by atoms with van der Waals surface area (Å²) in [4.78, 5) is 51.8. The first-order valence-corrected chi connectivity index (χ1v) is 10.0. The molecule has 2 aromatic rings. The van der Waals surface area contributed by atoms with E-state index in [1.165, 1.54) is 19.2 Å². The summed E-state index contributed by atoms with van der Waals surface area (Å²) in [6.45, 7) is 1.64. The molecule has 1 heterocycles. The molecule has 0 aromatic heterocycles. The maximum atomic E-state index is 13.2. The van der Waals surface area contributed by atoms with Crippen LogP contribution in [0, 0.1) is 0 Å². The molecule has 5 amide bonds. The number of carbonyl (C=O) groups excluding carboxylic acids is 4. The van der Waals surface area contributed by atoms with E-state index in [2.05, 4.69) is 10.7 Å². The number of rotatable bonds is 6. The summed E-state index contributed by atoms with van der Waals surface area (Å²) >= 11 is 5.99. The van der Waals surface area contributed by atoms with E-state index in [1.807, 2.05) is 0 Å². The van der Waals surface area contributed by atoms with Crippen molar-refractivity contribution in [1.29, 1.82) is 0 Å². The fourth-order valence-corrected chi connectivity index (χ4v) is 3.25. The minimum atomic E-state index is -1.31. The van der Waals surface area contributed by atoms with Crippen molar-refractivity contribution in [1.82, 2.24) is 10.4 Å². The number of carbonyl (C=O) groups is 4. The Hall–Kier alpha value is -3.79. The molecule has 0 bridgehead atoms. The van der Waals surface area contributed by atoms with Gasteiger partial charge in [0.15, 0.2) is 0 Å². The summed E-state index contributed by atoms with van der Waals surface area (Å²) in [5, 5.41) is 3.72. The lowest BCUT2D eigenvalue weighted by Crippen LogP contribution is -2.65. The second-order valence-corrected chi connectivity index (χ2v) is 7.07. The van der Waals surface area contributed by atoms with E-state index in [4.69, 9.17) is 21.1 Å². The Morgan fingerprint density at radius 1 is 1.16 bits per heavy atom. The van der Waals surface area contributed by atoms with E-state index in [0.29, 0.717) is 16.5 Å². The van der Waals surface area contributed by atoms with Gasteiger partial charge in [0.25, 0.3) is 0 Å². The van der Waals surface area contributed by atoms with Crippen LogP contribution in [-0.4, -0.2) is 48.7 Å². The topological polar surface area (TPSA) is 117 Å². The third-order valence-corrected chi connectivity index (χ3v) is 4.78. The van der Waals surface area contributed by atoms with Gasteiger partial charge >= 0.3 is 12.1 Å². The fraction of sp³-hybridized carbons (Fsp3) is 0.238. The molecule has 11 heteroatoms. The van der Waals surface area contributed by atoms with Gasteiger partial charge in [-0.05, 0) is 49.4 Å². The molecule has 3 rings (SSSR count). The third kappa shape index (κ3) is 5.09. The first-order chi connectivity index (χ1) is 15.3. The first kappa shape index (κ1) is 22.9. The number of hydrogen-bond donors (Lipinski definition) is 2. The Labute approximate surface area is 189 Å². The number of ether oxygens (including phenoxy) is 2.